The standard InChI is InChI=1S/C19H18N2O2/c1-11-8-13(3)17(9-12(11)2)21-19(23)15-10-20-16-7-5-4-6-14(16)18(15)22/h4-10H,1-3H3,(H,20,22)(H,21,23). The van der Waals surface area contributed by atoms with Gasteiger partial charge in [-0.2, -0.15) is 0 Å². The van der Waals surface area contributed by atoms with Crippen molar-refractivity contribution in [3.05, 3.63) is 75.1 Å². The first-order chi connectivity index (χ1) is 11.0. The lowest BCUT2D eigenvalue weighted by molar-refractivity contribution is 0.102. The first-order valence-electron chi connectivity index (χ1n) is 7.47. The quantitative estimate of drug-likeness (QED) is 0.758. The van der Waals surface area contributed by atoms with Crippen LogP contribution in [-0.2, 0) is 0 Å². The highest BCUT2D eigenvalue weighted by atomic mass is 16.2. The maximum atomic E-state index is 12.5. The Morgan fingerprint density at radius 2 is 1.70 bits per heavy atom. The molecule has 0 radical (unpaired) electrons. The smallest absolute Gasteiger partial charge is 0.261 e. The predicted octanol–water partition coefficient (Wildman–Crippen LogP) is 3.71. The molecule has 0 bridgehead atoms. The summed E-state index contributed by atoms with van der Waals surface area (Å²) in [6.45, 7) is 5.96. The van der Waals surface area contributed by atoms with Crippen LogP contribution in [0.4, 0.5) is 5.69 Å². The molecule has 0 saturated heterocycles. The number of hydrogen-bond acceptors (Lipinski definition) is 2. The molecule has 1 aromatic heterocycles. The minimum atomic E-state index is -0.400. The van der Waals surface area contributed by atoms with Gasteiger partial charge in [0.15, 0.2) is 0 Å². The van der Waals surface area contributed by atoms with Gasteiger partial charge < -0.3 is 10.3 Å². The molecule has 0 atom stereocenters. The molecule has 3 rings (SSSR count). The highest BCUT2D eigenvalue weighted by Crippen LogP contribution is 2.20. The number of carbonyl (C=O) groups excluding carboxylic acids is 1. The summed E-state index contributed by atoms with van der Waals surface area (Å²) in [7, 11) is 0. The zero-order valence-electron chi connectivity index (χ0n) is 13.4. The number of hydrogen-bond donors (Lipinski definition) is 2. The number of amides is 1. The summed E-state index contributed by atoms with van der Waals surface area (Å²) < 4.78 is 0. The van der Waals surface area contributed by atoms with E-state index in [1.165, 1.54) is 11.8 Å². The Morgan fingerprint density at radius 1 is 1.00 bits per heavy atom. The number of aromatic nitrogens is 1. The van der Waals surface area contributed by atoms with Crippen LogP contribution in [0.5, 0.6) is 0 Å². The number of carbonyl (C=O) groups is 1. The van der Waals surface area contributed by atoms with Gasteiger partial charge in [-0.05, 0) is 55.7 Å². The van der Waals surface area contributed by atoms with Gasteiger partial charge in [-0.15, -0.1) is 0 Å². The number of pyridine rings is 1. The summed E-state index contributed by atoms with van der Waals surface area (Å²) in [5.74, 6) is -0.400. The van der Waals surface area contributed by atoms with Crippen LogP contribution in [0, 0.1) is 20.8 Å². The number of para-hydroxylation sites is 1. The molecule has 116 valence electrons. The van der Waals surface area contributed by atoms with Gasteiger partial charge in [0.2, 0.25) is 5.43 Å². The van der Waals surface area contributed by atoms with Crippen LogP contribution in [0.3, 0.4) is 0 Å². The number of H-pyrrole nitrogens is 1. The monoisotopic (exact) mass is 306 g/mol. The second-order valence-electron chi connectivity index (χ2n) is 5.78. The predicted molar refractivity (Wildman–Crippen MR) is 93.2 cm³/mol. The fraction of sp³-hybridized carbons (Fsp3) is 0.158. The molecular weight excluding hydrogens is 288 g/mol. The lowest BCUT2D eigenvalue weighted by atomic mass is 10.0. The van der Waals surface area contributed by atoms with Gasteiger partial charge in [-0.3, -0.25) is 9.59 Å². The summed E-state index contributed by atoms with van der Waals surface area (Å²) in [5.41, 5.74) is 4.53. The van der Waals surface area contributed by atoms with Crippen LogP contribution in [-0.4, -0.2) is 10.9 Å². The lowest BCUT2D eigenvalue weighted by Crippen LogP contribution is -2.22. The minimum Gasteiger partial charge on any atom is -0.360 e. The summed E-state index contributed by atoms with van der Waals surface area (Å²) in [5, 5.41) is 3.35. The van der Waals surface area contributed by atoms with Gasteiger partial charge in [-0.25, -0.2) is 0 Å². The summed E-state index contributed by atoms with van der Waals surface area (Å²) in [6.07, 6.45) is 1.47. The highest BCUT2D eigenvalue weighted by molar-refractivity contribution is 6.06. The molecule has 23 heavy (non-hydrogen) atoms. The van der Waals surface area contributed by atoms with Crippen molar-refractivity contribution in [2.45, 2.75) is 20.8 Å². The average Bonchev–Trinajstić information content (AvgIpc) is 2.53. The minimum absolute atomic E-state index is 0.112. The second-order valence-corrected chi connectivity index (χ2v) is 5.78. The van der Waals surface area contributed by atoms with Gasteiger partial charge in [0, 0.05) is 22.8 Å². The molecule has 3 aromatic rings. The zero-order chi connectivity index (χ0) is 16.6. The summed E-state index contributed by atoms with van der Waals surface area (Å²) in [6, 6.07) is 11.1. The number of fused-ring (bicyclic) bond motifs is 1. The molecule has 1 heterocycles. The Balaban J connectivity index is 2.00. The lowest BCUT2D eigenvalue weighted by Gasteiger charge is -2.11. The molecule has 0 aliphatic rings. The first kappa shape index (κ1) is 15.0. The Bertz CT molecular complexity index is 971. The number of rotatable bonds is 2. The molecule has 0 unspecified atom stereocenters. The van der Waals surface area contributed by atoms with Crippen molar-refractivity contribution in [3.63, 3.8) is 0 Å². The molecule has 0 aliphatic heterocycles. The van der Waals surface area contributed by atoms with Crippen molar-refractivity contribution < 1.29 is 4.79 Å². The SMILES string of the molecule is Cc1cc(C)c(NC(=O)c2c[nH]c3ccccc3c2=O)cc1C. The van der Waals surface area contributed by atoms with Crippen molar-refractivity contribution in [2.24, 2.45) is 0 Å². The normalized spacial score (nSPS) is 10.7. The van der Waals surface area contributed by atoms with Gasteiger partial charge in [-0.1, -0.05) is 18.2 Å². The highest BCUT2D eigenvalue weighted by Gasteiger charge is 2.14. The van der Waals surface area contributed by atoms with E-state index in [-0.39, 0.29) is 11.0 Å². The molecule has 0 fully saturated rings. The van der Waals surface area contributed by atoms with Crippen LogP contribution >= 0.6 is 0 Å². The molecule has 0 saturated carbocycles. The number of aryl methyl sites for hydroxylation is 3. The molecule has 4 nitrogen and oxygen atoms in total. The number of aromatic amines is 1. The van der Waals surface area contributed by atoms with E-state index in [9.17, 15) is 9.59 Å². The fourth-order valence-corrected chi connectivity index (χ4v) is 2.62. The van der Waals surface area contributed by atoms with Crippen LogP contribution in [0.15, 0.2) is 47.4 Å². The topological polar surface area (TPSA) is 62.0 Å². The van der Waals surface area contributed by atoms with E-state index in [1.54, 1.807) is 12.1 Å². The molecule has 0 spiro atoms. The third-order valence-electron chi connectivity index (χ3n) is 4.12. The Morgan fingerprint density at radius 3 is 2.48 bits per heavy atom. The average molecular weight is 306 g/mol. The largest absolute Gasteiger partial charge is 0.360 e. The van der Waals surface area contributed by atoms with E-state index in [4.69, 9.17) is 0 Å². The summed E-state index contributed by atoms with van der Waals surface area (Å²) in [4.78, 5) is 28.0. The van der Waals surface area contributed by atoms with Crippen molar-refractivity contribution in [1.82, 2.24) is 4.98 Å². The van der Waals surface area contributed by atoms with Crippen molar-refractivity contribution in [3.8, 4) is 0 Å². The second kappa shape index (κ2) is 5.72. The molecule has 1 amide bonds. The molecule has 2 aromatic carbocycles. The molecular formula is C19H18N2O2. The van der Waals surface area contributed by atoms with E-state index < -0.39 is 5.91 Å². The number of anilines is 1. The Hall–Kier alpha value is -2.88. The van der Waals surface area contributed by atoms with Gasteiger partial charge in [0.1, 0.15) is 5.56 Å². The fourth-order valence-electron chi connectivity index (χ4n) is 2.62. The number of nitrogens with one attached hydrogen (secondary N) is 2. The van der Waals surface area contributed by atoms with E-state index in [0.717, 1.165) is 22.3 Å². The van der Waals surface area contributed by atoms with Crippen molar-refractivity contribution >= 4 is 22.5 Å². The van der Waals surface area contributed by atoms with Gasteiger partial charge in [0.05, 0.1) is 0 Å². The summed E-state index contributed by atoms with van der Waals surface area (Å²) >= 11 is 0. The van der Waals surface area contributed by atoms with Gasteiger partial charge >= 0.3 is 0 Å². The van der Waals surface area contributed by atoms with Crippen LogP contribution in [0.25, 0.3) is 10.9 Å². The molecule has 0 aliphatic carbocycles. The maximum Gasteiger partial charge on any atom is 0.261 e. The number of benzene rings is 2. The zero-order valence-corrected chi connectivity index (χ0v) is 13.4. The van der Waals surface area contributed by atoms with Crippen LogP contribution in [0.2, 0.25) is 0 Å². The Labute approximate surface area is 134 Å². The van der Waals surface area contributed by atoms with E-state index in [2.05, 4.69) is 10.3 Å². The first-order valence-corrected chi connectivity index (χ1v) is 7.47. The van der Waals surface area contributed by atoms with Crippen molar-refractivity contribution in [1.29, 1.82) is 0 Å². The third kappa shape index (κ3) is 2.75. The van der Waals surface area contributed by atoms with Crippen LogP contribution < -0.4 is 10.7 Å². The van der Waals surface area contributed by atoms with E-state index >= 15 is 0 Å². The molecule has 2 N–H and O–H groups in total. The van der Waals surface area contributed by atoms with E-state index in [1.807, 2.05) is 45.0 Å². The van der Waals surface area contributed by atoms with Crippen LogP contribution in [0.1, 0.15) is 27.0 Å². The van der Waals surface area contributed by atoms with Crippen molar-refractivity contribution in [2.75, 3.05) is 5.32 Å². The Kier molecular flexibility index (Phi) is 3.74. The van der Waals surface area contributed by atoms with Gasteiger partial charge in [0.25, 0.3) is 5.91 Å². The molecule has 4 heteroatoms. The third-order valence-corrected chi connectivity index (χ3v) is 4.12. The maximum absolute atomic E-state index is 12.5. The van der Waals surface area contributed by atoms with E-state index in [0.29, 0.717) is 5.39 Å².